The molecule has 0 bridgehead atoms. The van der Waals surface area contributed by atoms with E-state index < -0.39 is 0 Å². The van der Waals surface area contributed by atoms with Gasteiger partial charge in [-0.05, 0) is 66.9 Å². The highest BCUT2D eigenvalue weighted by Crippen LogP contribution is 2.27. The first kappa shape index (κ1) is 22.5. The van der Waals surface area contributed by atoms with E-state index in [-0.39, 0.29) is 11.2 Å². The summed E-state index contributed by atoms with van der Waals surface area (Å²) in [5.74, 6) is 0.848. The molecule has 2 N–H and O–H groups in total. The van der Waals surface area contributed by atoms with E-state index in [0.717, 1.165) is 17.7 Å². The maximum absolute atomic E-state index is 13.7. The molecule has 0 radical (unpaired) electrons. The third-order valence-electron chi connectivity index (χ3n) is 5.50. The number of hydrogen-bond acceptors (Lipinski definition) is 5. The zero-order valence-electron chi connectivity index (χ0n) is 19.0. The van der Waals surface area contributed by atoms with Gasteiger partial charge in [-0.25, -0.2) is 9.37 Å². The molecule has 4 rings (SSSR count). The van der Waals surface area contributed by atoms with Crippen molar-refractivity contribution in [1.82, 2.24) is 9.55 Å². The molecule has 0 aliphatic heterocycles. The van der Waals surface area contributed by atoms with Crippen molar-refractivity contribution in [3.05, 3.63) is 87.8 Å². The number of ether oxygens (including phenoxy) is 1. The molecule has 0 saturated heterocycles. The molecule has 4 aromatic rings. The number of methoxy groups -OCH3 is 1. The summed E-state index contributed by atoms with van der Waals surface area (Å²) in [7, 11) is 1.64. The number of aromatic nitrogens is 2. The minimum absolute atomic E-state index is 0.135. The van der Waals surface area contributed by atoms with Crippen LogP contribution in [0.5, 0.6) is 0 Å². The van der Waals surface area contributed by atoms with E-state index in [0.29, 0.717) is 41.5 Å². The standard InChI is InChI=1S/C26H27FN4O2/c1-4-18-5-9-20(10-6-18)29-24-16-22(32)25-17(2)15-23(28-13-14-33-3)30-26(25)31(24)21-11-7-19(27)8-12-21/h5-12,15-16,29H,4,13-14H2,1-3H3,(H,28,30). The molecule has 6 nitrogen and oxygen atoms in total. The van der Waals surface area contributed by atoms with Gasteiger partial charge in [0.05, 0.1) is 12.0 Å². The Kier molecular flexibility index (Phi) is 6.70. The van der Waals surface area contributed by atoms with E-state index in [2.05, 4.69) is 17.6 Å². The molecule has 0 atom stereocenters. The van der Waals surface area contributed by atoms with Crippen LogP contribution in [-0.2, 0) is 11.2 Å². The van der Waals surface area contributed by atoms with Crippen molar-refractivity contribution >= 4 is 28.4 Å². The van der Waals surface area contributed by atoms with Gasteiger partial charge < -0.3 is 15.4 Å². The van der Waals surface area contributed by atoms with Crippen LogP contribution in [0.2, 0.25) is 0 Å². The van der Waals surface area contributed by atoms with Gasteiger partial charge in [-0.15, -0.1) is 0 Å². The Labute approximate surface area is 192 Å². The van der Waals surface area contributed by atoms with Crippen LogP contribution in [0.1, 0.15) is 18.1 Å². The number of hydrogen-bond donors (Lipinski definition) is 2. The summed E-state index contributed by atoms with van der Waals surface area (Å²) < 4.78 is 20.6. The van der Waals surface area contributed by atoms with Gasteiger partial charge in [-0.1, -0.05) is 19.1 Å². The van der Waals surface area contributed by atoms with Gasteiger partial charge in [0, 0.05) is 31.1 Å². The number of benzene rings is 2. The van der Waals surface area contributed by atoms with Crippen LogP contribution >= 0.6 is 0 Å². The summed E-state index contributed by atoms with van der Waals surface area (Å²) in [6.07, 6.45) is 0.943. The van der Waals surface area contributed by atoms with Gasteiger partial charge in [0.15, 0.2) is 11.1 Å². The molecule has 2 aromatic heterocycles. The van der Waals surface area contributed by atoms with Crippen molar-refractivity contribution in [3.8, 4) is 5.69 Å². The second-order valence-electron chi connectivity index (χ2n) is 7.82. The minimum Gasteiger partial charge on any atom is -0.383 e. The molecule has 33 heavy (non-hydrogen) atoms. The van der Waals surface area contributed by atoms with Crippen molar-refractivity contribution in [2.24, 2.45) is 0 Å². The van der Waals surface area contributed by atoms with Gasteiger partial charge >= 0.3 is 0 Å². The lowest BCUT2D eigenvalue weighted by molar-refractivity contribution is 0.210. The third kappa shape index (κ3) is 4.88. The Bertz CT molecular complexity index is 1320. The predicted molar refractivity (Wildman–Crippen MR) is 132 cm³/mol. The highest BCUT2D eigenvalue weighted by molar-refractivity contribution is 5.85. The van der Waals surface area contributed by atoms with Gasteiger partial charge in [0.25, 0.3) is 0 Å². The number of fused-ring (bicyclic) bond motifs is 1. The second-order valence-corrected chi connectivity index (χ2v) is 7.82. The minimum atomic E-state index is -0.333. The van der Waals surface area contributed by atoms with Crippen LogP contribution in [0.4, 0.5) is 21.7 Å². The fourth-order valence-electron chi connectivity index (χ4n) is 3.78. The predicted octanol–water partition coefficient (Wildman–Crippen LogP) is 5.20. The molecule has 170 valence electrons. The van der Waals surface area contributed by atoms with Crippen molar-refractivity contribution in [3.63, 3.8) is 0 Å². The molecule has 0 saturated carbocycles. The van der Waals surface area contributed by atoms with Crippen molar-refractivity contribution in [2.45, 2.75) is 20.3 Å². The fraction of sp³-hybridized carbons (Fsp3) is 0.231. The van der Waals surface area contributed by atoms with Crippen LogP contribution in [0, 0.1) is 12.7 Å². The lowest BCUT2D eigenvalue weighted by atomic mass is 10.1. The van der Waals surface area contributed by atoms with Gasteiger partial charge in [-0.3, -0.25) is 9.36 Å². The largest absolute Gasteiger partial charge is 0.383 e. The summed E-state index contributed by atoms with van der Waals surface area (Å²) in [6, 6.07) is 17.6. The number of nitrogens with one attached hydrogen (secondary N) is 2. The van der Waals surface area contributed by atoms with Crippen LogP contribution in [0.25, 0.3) is 16.7 Å². The first-order chi connectivity index (χ1) is 16.0. The van der Waals surface area contributed by atoms with Crippen LogP contribution < -0.4 is 16.1 Å². The highest BCUT2D eigenvalue weighted by atomic mass is 19.1. The number of halogens is 1. The summed E-state index contributed by atoms with van der Waals surface area (Å²) in [5.41, 5.74) is 3.91. The molecule has 0 spiro atoms. The van der Waals surface area contributed by atoms with Crippen LogP contribution in [0.15, 0.2) is 65.5 Å². The van der Waals surface area contributed by atoms with E-state index >= 15 is 0 Å². The van der Waals surface area contributed by atoms with Crippen LogP contribution in [0.3, 0.4) is 0 Å². The SMILES string of the molecule is CCc1ccc(Nc2cc(=O)c3c(C)cc(NCCOC)nc3n2-c2ccc(F)cc2)cc1. The molecular formula is C26H27FN4O2. The maximum Gasteiger partial charge on any atom is 0.193 e. The average molecular weight is 447 g/mol. The van der Waals surface area contributed by atoms with Crippen molar-refractivity contribution < 1.29 is 9.13 Å². The Morgan fingerprint density at radius 2 is 1.79 bits per heavy atom. The summed E-state index contributed by atoms with van der Waals surface area (Å²) in [5, 5.41) is 7.10. The highest BCUT2D eigenvalue weighted by Gasteiger charge is 2.16. The molecular weight excluding hydrogens is 419 g/mol. The molecule has 2 heterocycles. The van der Waals surface area contributed by atoms with Gasteiger partial charge in [0.2, 0.25) is 0 Å². The second kappa shape index (κ2) is 9.83. The van der Waals surface area contributed by atoms with Gasteiger partial charge in [-0.2, -0.15) is 0 Å². The molecule has 7 heteroatoms. The zero-order chi connectivity index (χ0) is 23.4. The normalized spacial score (nSPS) is 11.0. The Morgan fingerprint density at radius 3 is 2.45 bits per heavy atom. The summed E-state index contributed by atoms with van der Waals surface area (Å²) in [6.45, 7) is 5.10. The molecule has 0 aliphatic carbocycles. The molecule has 0 fully saturated rings. The average Bonchev–Trinajstić information content (AvgIpc) is 2.80. The zero-order valence-corrected chi connectivity index (χ0v) is 19.0. The monoisotopic (exact) mass is 446 g/mol. The molecule has 2 aromatic carbocycles. The third-order valence-corrected chi connectivity index (χ3v) is 5.50. The van der Waals surface area contributed by atoms with Crippen molar-refractivity contribution in [2.75, 3.05) is 30.9 Å². The number of anilines is 3. The quantitative estimate of drug-likeness (QED) is 0.364. The van der Waals surface area contributed by atoms with E-state index in [1.165, 1.54) is 17.7 Å². The molecule has 0 amide bonds. The lowest BCUT2D eigenvalue weighted by Gasteiger charge is -2.19. The summed E-state index contributed by atoms with van der Waals surface area (Å²) >= 11 is 0. The smallest absolute Gasteiger partial charge is 0.193 e. The van der Waals surface area contributed by atoms with Gasteiger partial charge in [0.1, 0.15) is 17.5 Å². The van der Waals surface area contributed by atoms with E-state index in [4.69, 9.17) is 9.72 Å². The molecule has 0 aliphatic rings. The van der Waals surface area contributed by atoms with Crippen LogP contribution in [-0.4, -0.2) is 29.8 Å². The lowest BCUT2D eigenvalue weighted by Crippen LogP contribution is -2.16. The maximum atomic E-state index is 13.7. The summed E-state index contributed by atoms with van der Waals surface area (Å²) in [4.78, 5) is 17.9. The molecule has 0 unspecified atom stereocenters. The Balaban J connectivity index is 1.92. The first-order valence-corrected chi connectivity index (χ1v) is 10.9. The fourth-order valence-corrected chi connectivity index (χ4v) is 3.78. The number of rotatable bonds is 8. The van der Waals surface area contributed by atoms with Crippen molar-refractivity contribution in [1.29, 1.82) is 0 Å². The number of aryl methyl sites for hydroxylation is 2. The topological polar surface area (TPSA) is 68.2 Å². The van der Waals surface area contributed by atoms with E-state index in [9.17, 15) is 9.18 Å². The number of pyridine rings is 2. The Morgan fingerprint density at radius 1 is 1.06 bits per heavy atom. The Hall–Kier alpha value is -3.71. The van der Waals surface area contributed by atoms with E-state index in [1.54, 1.807) is 25.3 Å². The number of nitrogens with zero attached hydrogens (tertiary/aromatic N) is 2. The van der Waals surface area contributed by atoms with E-state index in [1.807, 2.05) is 41.8 Å². The first-order valence-electron chi connectivity index (χ1n) is 10.9.